The van der Waals surface area contributed by atoms with Crippen LogP contribution in [0.4, 0.5) is 0 Å². The van der Waals surface area contributed by atoms with E-state index in [2.05, 4.69) is 53.3 Å². The van der Waals surface area contributed by atoms with E-state index in [0.717, 1.165) is 37.2 Å². The van der Waals surface area contributed by atoms with Crippen molar-refractivity contribution >= 4 is 21.6 Å². The topological polar surface area (TPSA) is 25.4 Å². The summed E-state index contributed by atoms with van der Waals surface area (Å²) in [6.07, 6.45) is 4.75. The third kappa shape index (κ3) is 3.62. The van der Waals surface area contributed by atoms with E-state index in [4.69, 9.17) is 4.74 Å². The van der Waals surface area contributed by atoms with Gasteiger partial charge in [0.15, 0.2) is 0 Å². The van der Waals surface area contributed by atoms with Gasteiger partial charge in [-0.25, -0.2) is 4.98 Å². The summed E-state index contributed by atoms with van der Waals surface area (Å²) in [7, 11) is 4.03. The summed E-state index contributed by atoms with van der Waals surface area (Å²) in [6.45, 7) is 2.19. The quantitative estimate of drug-likeness (QED) is 0.620. The van der Waals surface area contributed by atoms with Gasteiger partial charge in [0, 0.05) is 13.1 Å². The molecule has 1 unspecified atom stereocenters. The van der Waals surface area contributed by atoms with E-state index < -0.39 is 0 Å². The molecule has 4 heteroatoms. The SMILES string of the molecule is COc1cccc2c1CCCC2CN(C)CCc1ccc2scnc2c1. The lowest BCUT2D eigenvalue weighted by Crippen LogP contribution is -2.28. The maximum Gasteiger partial charge on any atom is 0.122 e. The van der Waals surface area contributed by atoms with Gasteiger partial charge in [-0.1, -0.05) is 18.2 Å². The summed E-state index contributed by atoms with van der Waals surface area (Å²) in [5.74, 6) is 1.67. The standard InChI is InChI=1S/C22H26N2OS/c1-24(12-11-16-9-10-22-20(13-16)23-15-26-22)14-17-5-3-7-19-18(17)6-4-8-21(19)25-2/h4,6,8-10,13,15,17H,3,5,7,11-12,14H2,1-2H3. The fourth-order valence-corrected chi connectivity index (χ4v) is 4.80. The summed E-state index contributed by atoms with van der Waals surface area (Å²) in [5.41, 5.74) is 7.35. The Morgan fingerprint density at radius 2 is 2.19 bits per heavy atom. The largest absolute Gasteiger partial charge is 0.496 e. The van der Waals surface area contributed by atoms with Crippen LogP contribution in [-0.4, -0.2) is 37.1 Å². The molecule has 0 radical (unpaired) electrons. The highest BCUT2D eigenvalue weighted by molar-refractivity contribution is 7.16. The Labute approximate surface area is 159 Å². The van der Waals surface area contributed by atoms with Crippen LogP contribution >= 0.6 is 11.3 Å². The molecule has 0 aliphatic heterocycles. The van der Waals surface area contributed by atoms with Crippen molar-refractivity contribution in [2.24, 2.45) is 0 Å². The maximum absolute atomic E-state index is 5.58. The molecule has 3 nitrogen and oxygen atoms in total. The minimum absolute atomic E-state index is 0.611. The predicted octanol–water partition coefficient (Wildman–Crippen LogP) is 4.90. The number of hydrogen-bond donors (Lipinski definition) is 0. The van der Waals surface area contributed by atoms with Crippen molar-refractivity contribution in [3.8, 4) is 5.75 Å². The minimum atomic E-state index is 0.611. The highest BCUT2D eigenvalue weighted by Gasteiger charge is 2.23. The molecule has 0 saturated heterocycles. The van der Waals surface area contributed by atoms with Gasteiger partial charge in [0.25, 0.3) is 0 Å². The molecule has 4 rings (SSSR count). The van der Waals surface area contributed by atoms with E-state index in [0.29, 0.717) is 5.92 Å². The molecule has 1 heterocycles. The van der Waals surface area contributed by atoms with E-state index in [1.165, 1.54) is 34.2 Å². The first-order valence-electron chi connectivity index (χ1n) is 9.41. The Morgan fingerprint density at radius 1 is 1.27 bits per heavy atom. The fourth-order valence-electron chi connectivity index (χ4n) is 4.14. The highest BCUT2D eigenvalue weighted by Crippen LogP contribution is 2.36. The third-order valence-corrected chi connectivity index (χ3v) is 6.33. The van der Waals surface area contributed by atoms with E-state index >= 15 is 0 Å². The molecule has 0 spiro atoms. The smallest absolute Gasteiger partial charge is 0.122 e. The first-order chi connectivity index (χ1) is 12.7. The van der Waals surface area contributed by atoms with Gasteiger partial charge in [0.2, 0.25) is 0 Å². The molecule has 1 aliphatic rings. The van der Waals surface area contributed by atoms with Gasteiger partial charge in [0.1, 0.15) is 5.75 Å². The van der Waals surface area contributed by atoms with Gasteiger partial charge in [-0.15, -0.1) is 11.3 Å². The van der Waals surface area contributed by atoms with Crippen LogP contribution in [0.5, 0.6) is 5.75 Å². The zero-order chi connectivity index (χ0) is 17.9. The summed E-state index contributed by atoms with van der Waals surface area (Å²) in [6, 6.07) is 13.2. The van der Waals surface area contributed by atoms with Crippen LogP contribution in [-0.2, 0) is 12.8 Å². The number of rotatable bonds is 6. The van der Waals surface area contributed by atoms with Gasteiger partial charge in [-0.3, -0.25) is 0 Å². The Balaban J connectivity index is 1.40. The lowest BCUT2D eigenvalue weighted by atomic mass is 9.82. The molecule has 136 valence electrons. The Bertz CT molecular complexity index is 889. The molecule has 1 aliphatic carbocycles. The second-order valence-corrected chi connectivity index (χ2v) is 8.17. The van der Waals surface area contributed by atoms with Crippen LogP contribution in [0.1, 0.15) is 35.4 Å². The van der Waals surface area contributed by atoms with Crippen molar-refractivity contribution < 1.29 is 4.74 Å². The van der Waals surface area contributed by atoms with Crippen LogP contribution in [0.3, 0.4) is 0 Å². The number of methoxy groups -OCH3 is 1. The minimum Gasteiger partial charge on any atom is -0.496 e. The molecule has 0 saturated carbocycles. The first kappa shape index (κ1) is 17.5. The Morgan fingerprint density at radius 3 is 3.08 bits per heavy atom. The number of hydrogen-bond acceptors (Lipinski definition) is 4. The summed E-state index contributed by atoms with van der Waals surface area (Å²) >= 11 is 1.71. The molecule has 0 N–H and O–H groups in total. The zero-order valence-corrected chi connectivity index (χ0v) is 16.4. The number of thiazole rings is 1. The zero-order valence-electron chi connectivity index (χ0n) is 15.6. The van der Waals surface area contributed by atoms with E-state index in [9.17, 15) is 0 Å². The number of nitrogens with zero attached hydrogens (tertiary/aromatic N) is 2. The number of aromatic nitrogens is 1. The van der Waals surface area contributed by atoms with Crippen molar-refractivity contribution in [2.45, 2.75) is 31.6 Å². The molecular weight excluding hydrogens is 340 g/mol. The normalized spacial score (nSPS) is 16.8. The Hall–Kier alpha value is -1.91. The van der Waals surface area contributed by atoms with Crippen molar-refractivity contribution in [1.82, 2.24) is 9.88 Å². The summed E-state index contributed by atoms with van der Waals surface area (Å²) in [4.78, 5) is 6.91. The van der Waals surface area contributed by atoms with Gasteiger partial charge in [-0.2, -0.15) is 0 Å². The lowest BCUT2D eigenvalue weighted by molar-refractivity contribution is 0.299. The molecule has 3 aromatic rings. The number of fused-ring (bicyclic) bond motifs is 2. The Kier molecular flexibility index (Phi) is 5.23. The van der Waals surface area contributed by atoms with E-state index in [1.54, 1.807) is 18.4 Å². The van der Waals surface area contributed by atoms with E-state index in [-0.39, 0.29) is 0 Å². The maximum atomic E-state index is 5.58. The summed E-state index contributed by atoms with van der Waals surface area (Å²) < 4.78 is 6.85. The van der Waals surface area contributed by atoms with Crippen LogP contribution in [0.2, 0.25) is 0 Å². The van der Waals surface area contributed by atoms with E-state index in [1.807, 2.05) is 5.51 Å². The van der Waals surface area contributed by atoms with Crippen LogP contribution < -0.4 is 4.74 Å². The second-order valence-electron chi connectivity index (χ2n) is 7.28. The van der Waals surface area contributed by atoms with Gasteiger partial charge in [0.05, 0.1) is 22.8 Å². The van der Waals surface area contributed by atoms with Gasteiger partial charge in [-0.05, 0) is 73.5 Å². The molecule has 0 bridgehead atoms. The first-order valence-corrected chi connectivity index (χ1v) is 10.3. The van der Waals surface area contributed by atoms with Crippen molar-refractivity contribution in [3.63, 3.8) is 0 Å². The number of ether oxygens (including phenoxy) is 1. The molecule has 26 heavy (non-hydrogen) atoms. The van der Waals surface area contributed by atoms with Crippen LogP contribution in [0.15, 0.2) is 41.9 Å². The number of benzene rings is 2. The van der Waals surface area contributed by atoms with Gasteiger partial charge >= 0.3 is 0 Å². The van der Waals surface area contributed by atoms with Crippen LogP contribution in [0.25, 0.3) is 10.2 Å². The van der Waals surface area contributed by atoms with Crippen molar-refractivity contribution in [1.29, 1.82) is 0 Å². The molecule has 0 fully saturated rings. The third-order valence-electron chi connectivity index (χ3n) is 5.52. The molecule has 1 aromatic heterocycles. The molecule has 1 atom stereocenters. The fraction of sp³-hybridized carbons (Fsp3) is 0.409. The molecule has 0 amide bonds. The van der Waals surface area contributed by atoms with Crippen LogP contribution in [0, 0.1) is 0 Å². The van der Waals surface area contributed by atoms with Crippen molar-refractivity contribution in [3.05, 3.63) is 58.6 Å². The highest BCUT2D eigenvalue weighted by atomic mass is 32.1. The van der Waals surface area contributed by atoms with Crippen molar-refractivity contribution in [2.75, 3.05) is 27.2 Å². The average Bonchev–Trinajstić information content (AvgIpc) is 3.14. The molecular formula is C22H26N2OS. The molecule has 2 aromatic carbocycles. The summed E-state index contributed by atoms with van der Waals surface area (Å²) in [5, 5.41) is 0. The number of likely N-dealkylation sites (N-methyl/N-ethyl adjacent to an activating group) is 1. The predicted molar refractivity (Wildman–Crippen MR) is 109 cm³/mol. The van der Waals surface area contributed by atoms with Gasteiger partial charge < -0.3 is 9.64 Å². The average molecular weight is 367 g/mol. The lowest BCUT2D eigenvalue weighted by Gasteiger charge is -2.30. The second kappa shape index (κ2) is 7.77. The monoisotopic (exact) mass is 366 g/mol.